The molecule has 0 aliphatic carbocycles. The summed E-state index contributed by atoms with van der Waals surface area (Å²) in [7, 11) is 0. The van der Waals surface area contributed by atoms with Crippen LogP contribution in [0.15, 0.2) is 66.0 Å². The summed E-state index contributed by atoms with van der Waals surface area (Å²) in [4.78, 5) is 31.1. The summed E-state index contributed by atoms with van der Waals surface area (Å²) >= 11 is 1.66. The van der Waals surface area contributed by atoms with E-state index in [1.54, 1.807) is 51.5 Å². The lowest BCUT2D eigenvalue weighted by molar-refractivity contribution is -0.136. The molecule has 5 nitrogen and oxygen atoms in total. The molecule has 0 unspecified atom stereocenters. The number of fused-ring (bicyclic) bond motifs is 1. The topological polar surface area (TPSA) is 49.9 Å². The van der Waals surface area contributed by atoms with Crippen molar-refractivity contribution >= 4 is 23.2 Å². The quantitative estimate of drug-likeness (QED) is 0.495. The molecule has 0 radical (unpaired) electrons. The molecule has 0 bridgehead atoms. The predicted octanol–water partition coefficient (Wildman–Crippen LogP) is 4.94. The smallest absolute Gasteiger partial charge is 0.254 e. The number of nitrogens with zero attached hydrogens (tertiary/aromatic N) is 2. The molecule has 2 amide bonds. The molecule has 3 aromatic rings. The van der Waals surface area contributed by atoms with Crippen molar-refractivity contribution in [1.29, 1.82) is 0 Å². The average molecular weight is 467 g/mol. The number of thiophene rings is 1. The number of benzene rings is 2. The highest BCUT2D eigenvalue weighted by Gasteiger charge is 2.34. The van der Waals surface area contributed by atoms with Crippen LogP contribution in [-0.2, 0) is 11.2 Å². The number of hydrogen-bond donors (Lipinski definition) is 0. The van der Waals surface area contributed by atoms with E-state index in [0.717, 1.165) is 12.0 Å². The van der Waals surface area contributed by atoms with Crippen molar-refractivity contribution in [3.63, 3.8) is 0 Å². The Kier molecular flexibility index (Phi) is 7.08. The van der Waals surface area contributed by atoms with E-state index in [2.05, 4.69) is 0 Å². The number of carbonyl (C=O) groups is 2. The Morgan fingerprint density at radius 2 is 1.85 bits per heavy atom. The Balaban J connectivity index is 1.54. The third-order valence-corrected chi connectivity index (χ3v) is 6.86. The van der Waals surface area contributed by atoms with E-state index in [4.69, 9.17) is 4.74 Å². The van der Waals surface area contributed by atoms with E-state index < -0.39 is 5.82 Å². The highest BCUT2D eigenvalue weighted by atomic mass is 32.1. The second-order valence-electron chi connectivity index (χ2n) is 8.29. The normalized spacial score (nSPS) is 15.3. The van der Waals surface area contributed by atoms with Crippen molar-refractivity contribution in [2.75, 3.05) is 19.7 Å². The SMILES string of the molecule is CC(C)N(CC(=O)N1CCc2sccc2[C@H]1COc1ccccc1F)C(=O)c1ccccc1. The highest BCUT2D eigenvalue weighted by Crippen LogP contribution is 2.34. The molecular weight excluding hydrogens is 439 g/mol. The van der Waals surface area contributed by atoms with Gasteiger partial charge in [0.25, 0.3) is 5.91 Å². The van der Waals surface area contributed by atoms with Crippen molar-refractivity contribution in [1.82, 2.24) is 9.80 Å². The van der Waals surface area contributed by atoms with Gasteiger partial charge in [0.05, 0.1) is 6.04 Å². The molecule has 0 spiro atoms. The number of amides is 2. The van der Waals surface area contributed by atoms with Crippen molar-refractivity contribution in [3.8, 4) is 5.75 Å². The van der Waals surface area contributed by atoms with Gasteiger partial charge < -0.3 is 14.5 Å². The first-order valence-electron chi connectivity index (χ1n) is 11.0. The lowest BCUT2D eigenvalue weighted by atomic mass is 10.00. The summed E-state index contributed by atoms with van der Waals surface area (Å²) in [5, 5.41) is 2.01. The van der Waals surface area contributed by atoms with Gasteiger partial charge in [-0.1, -0.05) is 30.3 Å². The molecule has 0 N–H and O–H groups in total. The van der Waals surface area contributed by atoms with Gasteiger partial charge in [-0.3, -0.25) is 9.59 Å². The fraction of sp³-hybridized carbons (Fsp3) is 0.308. The number of carbonyl (C=O) groups excluding carboxylic acids is 2. The van der Waals surface area contributed by atoms with Crippen LogP contribution in [0.4, 0.5) is 4.39 Å². The predicted molar refractivity (Wildman–Crippen MR) is 127 cm³/mol. The van der Waals surface area contributed by atoms with Crippen LogP contribution in [0.1, 0.15) is 40.7 Å². The zero-order valence-electron chi connectivity index (χ0n) is 18.7. The van der Waals surface area contributed by atoms with Gasteiger partial charge in [0.2, 0.25) is 5.91 Å². The lowest BCUT2D eigenvalue weighted by Crippen LogP contribution is -2.49. The molecule has 2 aromatic carbocycles. The number of rotatable bonds is 7. The van der Waals surface area contributed by atoms with Crippen LogP contribution in [0.3, 0.4) is 0 Å². The lowest BCUT2D eigenvalue weighted by Gasteiger charge is -2.37. The van der Waals surface area contributed by atoms with Gasteiger partial charge in [0, 0.05) is 23.0 Å². The van der Waals surface area contributed by atoms with Gasteiger partial charge in [-0.05, 0) is 61.5 Å². The van der Waals surface area contributed by atoms with Crippen LogP contribution < -0.4 is 4.74 Å². The summed E-state index contributed by atoms with van der Waals surface area (Å²) in [6.07, 6.45) is 0.753. The molecule has 7 heteroatoms. The largest absolute Gasteiger partial charge is 0.488 e. The Hall–Kier alpha value is -3.19. The Morgan fingerprint density at radius 1 is 1.12 bits per heavy atom. The van der Waals surface area contributed by atoms with Crippen LogP contribution in [0.5, 0.6) is 5.75 Å². The molecule has 2 heterocycles. The average Bonchev–Trinajstić information content (AvgIpc) is 3.31. The maximum absolute atomic E-state index is 14.1. The first-order chi connectivity index (χ1) is 16.0. The van der Waals surface area contributed by atoms with Crippen molar-refractivity contribution in [2.24, 2.45) is 0 Å². The van der Waals surface area contributed by atoms with Crippen molar-refractivity contribution in [3.05, 3.63) is 87.9 Å². The van der Waals surface area contributed by atoms with Gasteiger partial charge in [-0.2, -0.15) is 0 Å². The number of halogens is 1. The van der Waals surface area contributed by atoms with E-state index in [-0.39, 0.29) is 42.8 Å². The standard InChI is InChI=1S/C26H27FN2O3S/c1-18(2)29(26(31)19-8-4-3-5-9-19)16-25(30)28-14-12-24-20(13-15-33-24)22(28)17-32-23-11-7-6-10-21(23)27/h3-11,13,15,18,22H,12,14,16-17H2,1-2H3/t22-/m1/s1. The zero-order valence-corrected chi connectivity index (χ0v) is 19.6. The second-order valence-corrected chi connectivity index (χ2v) is 9.29. The minimum atomic E-state index is -0.434. The van der Waals surface area contributed by atoms with Crippen LogP contribution >= 0.6 is 11.3 Å². The minimum absolute atomic E-state index is 0.0267. The van der Waals surface area contributed by atoms with Gasteiger partial charge >= 0.3 is 0 Å². The van der Waals surface area contributed by atoms with Crippen LogP contribution in [-0.4, -0.2) is 47.4 Å². The molecule has 1 atom stereocenters. The summed E-state index contributed by atoms with van der Waals surface area (Å²) in [5.74, 6) is -0.593. The van der Waals surface area contributed by atoms with Gasteiger partial charge in [-0.25, -0.2) is 4.39 Å². The Labute approximate surface area is 197 Å². The minimum Gasteiger partial charge on any atom is -0.488 e. The molecule has 4 rings (SSSR count). The highest BCUT2D eigenvalue weighted by molar-refractivity contribution is 7.10. The first-order valence-corrected chi connectivity index (χ1v) is 11.9. The fourth-order valence-corrected chi connectivity index (χ4v) is 5.01. The van der Waals surface area contributed by atoms with Crippen LogP contribution in [0.2, 0.25) is 0 Å². The molecule has 1 aromatic heterocycles. The molecule has 0 saturated carbocycles. The molecule has 1 aliphatic rings. The Morgan fingerprint density at radius 3 is 2.58 bits per heavy atom. The van der Waals surface area contributed by atoms with E-state index in [1.165, 1.54) is 10.9 Å². The summed E-state index contributed by atoms with van der Waals surface area (Å²) in [5.41, 5.74) is 1.58. The van der Waals surface area contributed by atoms with E-state index in [9.17, 15) is 14.0 Å². The summed E-state index contributed by atoms with van der Waals surface area (Å²) in [6.45, 7) is 4.45. The van der Waals surface area contributed by atoms with Gasteiger partial charge in [0.1, 0.15) is 13.2 Å². The van der Waals surface area contributed by atoms with E-state index >= 15 is 0 Å². The zero-order chi connectivity index (χ0) is 23.4. The molecular formula is C26H27FN2O3S. The third kappa shape index (κ3) is 5.09. The first kappa shape index (κ1) is 23.0. The van der Waals surface area contributed by atoms with Crippen LogP contribution in [0.25, 0.3) is 0 Å². The fourth-order valence-electron chi connectivity index (χ4n) is 4.08. The second kappa shape index (κ2) is 10.2. The molecule has 33 heavy (non-hydrogen) atoms. The van der Waals surface area contributed by atoms with E-state index in [1.807, 2.05) is 43.5 Å². The number of hydrogen-bond acceptors (Lipinski definition) is 4. The van der Waals surface area contributed by atoms with Gasteiger partial charge in [-0.15, -0.1) is 11.3 Å². The molecule has 1 aliphatic heterocycles. The molecule has 172 valence electrons. The number of para-hydroxylation sites is 1. The summed E-state index contributed by atoms with van der Waals surface area (Å²) in [6, 6.07) is 16.8. The maximum atomic E-state index is 14.1. The third-order valence-electron chi connectivity index (χ3n) is 5.86. The molecule has 0 fully saturated rings. The molecule has 0 saturated heterocycles. The number of ether oxygens (including phenoxy) is 1. The Bertz CT molecular complexity index is 1120. The van der Waals surface area contributed by atoms with Gasteiger partial charge in [0.15, 0.2) is 11.6 Å². The van der Waals surface area contributed by atoms with Crippen LogP contribution in [0, 0.1) is 5.82 Å². The summed E-state index contributed by atoms with van der Waals surface area (Å²) < 4.78 is 19.9. The monoisotopic (exact) mass is 466 g/mol. The van der Waals surface area contributed by atoms with E-state index in [0.29, 0.717) is 12.1 Å². The van der Waals surface area contributed by atoms with Crippen molar-refractivity contribution in [2.45, 2.75) is 32.4 Å². The van der Waals surface area contributed by atoms with Crippen molar-refractivity contribution < 1.29 is 18.7 Å². The maximum Gasteiger partial charge on any atom is 0.254 e.